The molecule has 0 saturated carbocycles. The number of carbonyl (C=O) groups is 1. The molecule has 1 aromatic heterocycles. The largest absolute Gasteiger partial charge is 0.433 e. The lowest BCUT2D eigenvalue weighted by molar-refractivity contribution is -0.141. The Morgan fingerprint density at radius 3 is 2.30 bits per heavy atom. The van der Waals surface area contributed by atoms with Crippen molar-refractivity contribution in [3.05, 3.63) is 84.2 Å². The first kappa shape index (κ1) is 21.3. The molecule has 0 unspecified atom stereocenters. The second-order valence-corrected chi connectivity index (χ2v) is 8.19. The van der Waals surface area contributed by atoms with Crippen molar-refractivity contribution in [2.75, 3.05) is 16.7 Å². The third-order valence-corrected chi connectivity index (χ3v) is 5.97. The Labute approximate surface area is 171 Å². The summed E-state index contributed by atoms with van der Waals surface area (Å²) in [7, 11) is -2.49. The Bertz CT molecular complexity index is 1150. The molecule has 3 aromatic rings. The predicted octanol–water partition coefficient (Wildman–Crippen LogP) is 4.18. The highest BCUT2D eigenvalue weighted by Gasteiger charge is 2.32. The predicted molar refractivity (Wildman–Crippen MR) is 106 cm³/mol. The van der Waals surface area contributed by atoms with Gasteiger partial charge in [-0.3, -0.25) is 14.1 Å². The van der Waals surface area contributed by atoms with Crippen molar-refractivity contribution >= 4 is 27.3 Å². The third-order valence-electron chi connectivity index (χ3n) is 4.19. The number of pyridine rings is 1. The van der Waals surface area contributed by atoms with Gasteiger partial charge in [0.25, 0.3) is 15.9 Å². The van der Waals surface area contributed by atoms with E-state index in [1.807, 2.05) is 0 Å². The second kappa shape index (κ2) is 8.15. The molecule has 30 heavy (non-hydrogen) atoms. The summed E-state index contributed by atoms with van der Waals surface area (Å²) in [6, 6.07) is 15.7. The minimum atomic E-state index is -4.61. The summed E-state index contributed by atoms with van der Waals surface area (Å²) in [4.78, 5) is 15.5. The summed E-state index contributed by atoms with van der Waals surface area (Å²) in [5.74, 6) is -0.720. The van der Waals surface area contributed by atoms with Crippen LogP contribution in [0.3, 0.4) is 0 Å². The van der Waals surface area contributed by atoms with Gasteiger partial charge in [-0.1, -0.05) is 24.3 Å². The molecule has 0 aliphatic carbocycles. The maximum absolute atomic E-state index is 12.9. The molecule has 0 aliphatic heterocycles. The number of amides is 1. The molecule has 6 nitrogen and oxygen atoms in total. The van der Waals surface area contributed by atoms with Gasteiger partial charge in [0.2, 0.25) is 0 Å². The number of benzene rings is 2. The van der Waals surface area contributed by atoms with Gasteiger partial charge in [-0.25, -0.2) is 8.42 Å². The molecule has 0 atom stereocenters. The van der Waals surface area contributed by atoms with Crippen molar-refractivity contribution in [1.29, 1.82) is 0 Å². The van der Waals surface area contributed by atoms with Crippen molar-refractivity contribution in [2.45, 2.75) is 11.1 Å². The summed E-state index contributed by atoms with van der Waals surface area (Å²) >= 11 is 0. The minimum absolute atomic E-state index is 0.0582. The molecule has 0 saturated heterocycles. The molecule has 2 aromatic carbocycles. The van der Waals surface area contributed by atoms with Crippen LogP contribution in [0.15, 0.2) is 77.8 Å². The normalized spacial score (nSPS) is 11.7. The molecule has 1 N–H and O–H groups in total. The van der Waals surface area contributed by atoms with Crippen LogP contribution >= 0.6 is 0 Å². The number of sulfonamides is 1. The fourth-order valence-electron chi connectivity index (χ4n) is 2.57. The van der Waals surface area contributed by atoms with Gasteiger partial charge >= 0.3 is 6.18 Å². The number of anilines is 2. The number of hydrogen-bond donors (Lipinski definition) is 1. The summed E-state index contributed by atoms with van der Waals surface area (Å²) in [5, 5.41) is 2.46. The van der Waals surface area contributed by atoms with Gasteiger partial charge in [0, 0.05) is 18.9 Å². The molecule has 156 valence electrons. The molecular weight excluding hydrogens is 419 g/mol. The first-order valence-corrected chi connectivity index (χ1v) is 10.0. The molecular formula is C20H16F3N3O3S. The molecule has 1 heterocycles. The van der Waals surface area contributed by atoms with Crippen molar-refractivity contribution in [3.8, 4) is 0 Å². The highest BCUT2D eigenvalue weighted by atomic mass is 32.2. The molecule has 0 bridgehead atoms. The van der Waals surface area contributed by atoms with Crippen molar-refractivity contribution in [1.82, 2.24) is 4.98 Å². The maximum Gasteiger partial charge on any atom is 0.433 e. The second-order valence-electron chi connectivity index (χ2n) is 6.22. The lowest BCUT2D eigenvalue weighted by Crippen LogP contribution is -2.26. The van der Waals surface area contributed by atoms with E-state index in [4.69, 9.17) is 0 Å². The first-order valence-electron chi connectivity index (χ1n) is 8.58. The van der Waals surface area contributed by atoms with Crippen LogP contribution in [-0.2, 0) is 16.2 Å². The fraction of sp³-hybridized carbons (Fsp3) is 0.100. The van der Waals surface area contributed by atoms with Crippen molar-refractivity contribution < 1.29 is 26.4 Å². The first-order chi connectivity index (χ1) is 14.1. The van der Waals surface area contributed by atoms with Gasteiger partial charge < -0.3 is 5.32 Å². The lowest BCUT2D eigenvalue weighted by Gasteiger charge is -2.19. The number of carbonyl (C=O) groups excluding carboxylic acids is 1. The summed E-state index contributed by atoms with van der Waals surface area (Å²) in [6.45, 7) is 0. The van der Waals surface area contributed by atoms with Crippen molar-refractivity contribution in [2.24, 2.45) is 0 Å². The van der Waals surface area contributed by atoms with E-state index < -0.39 is 27.8 Å². The number of nitrogens with one attached hydrogen (secondary N) is 1. The van der Waals surface area contributed by atoms with Gasteiger partial charge in [-0.05, 0) is 42.5 Å². The van der Waals surface area contributed by atoms with E-state index in [1.54, 1.807) is 30.3 Å². The Morgan fingerprint density at radius 1 is 1.00 bits per heavy atom. The fourth-order valence-corrected chi connectivity index (χ4v) is 3.81. The van der Waals surface area contributed by atoms with Crippen LogP contribution in [0.4, 0.5) is 24.5 Å². The van der Waals surface area contributed by atoms with Crippen LogP contribution in [0.5, 0.6) is 0 Å². The van der Waals surface area contributed by atoms with Gasteiger partial charge in [0.05, 0.1) is 16.1 Å². The van der Waals surface area contributed by atoms with Crippen LogP contribution < -0.4 is 9.62 Å². The van der Waals surface area contributed by atoms with Crippen LogP contribution in [-0.4, -0.2) is 26.4 Å². The molecule has 3 rings (SSSR count). The van der Waals surface area contributed by atoms with E-state index in [0.29, 0.717) is 11.8 Å². The zero-order valence-electron chi connectivity index (χ0n) is 15.6. The van der Waals surface area contributed by atoms with Gasteiger partial charge in [-0.15, -0.1) is 0 Å². The Morgan fingerprint density at radius 2 is 1.70 bits per heavy atom. The number of aromatic nitrogens is 1. The zero-order chi connectivity index (χ0) is 21.9. The zero-order valence-corrected chi connectivity index (χ0v) is 16.4. The average Bonchev–Trinajstić information content (AvgIpc) is 2.73. The molecule has 0 spiro atoms. The van der Waals surface area contributed by atoms with E-state index in [0.717, 1.165) is 16.6 Å². The number of para-hydroxylation sites is 1. The average molecular weight is 435 g/mol. The molecule has 0 radical (unpaired) electrons. The SMILES string of the molecule is CN(c1ccccc1)S(=O)(=O)c1cccc(NC(=O)c2ccc(C(F)(F)F)nc2)c1. The maximum atomic E-state index is 12.9. The summed E-state index contributed by atoms with van der Waals surface area (Å²) in [5.41, 5.74) is -0.584. The lowest BCUT2D eigenvalue weighted by atomic mass is 10.2. The van der Waals surface area contributed by atoms with E-state index >= 15 is 0 Å². The van der Waals surface area contributed by atoms with E-state index in [1.165, 1.54) is 31.3 Å². The number of alkyl halides is 3. The molecule has 0 aliphatic rings. The van der Waals surface area contributed by atoms with Crippen LogP contribution in [0.25, 0.3) is 0 Å². The molecule has 0 fully saturated rings. The van der Waals surface area contributed by atoms with Crippen LogP contribution in [0.2, 0.25) is 0 Å². The van der Waals surface area contributed by atoms with E-state index in [9.17, 15) is 26.4 Å². The highest BCUT2D eigenvalue weighted by molar-refractivity contribution is 7.92. The van der Waals surface area contributed by atoms with E-state index in [-0.39, 0.29) is 16.1 Å². The molecule has 1 amide bonds. The smallest absolute Gasteiger partial charge is 0.322 e. The van der Waals surface area contributed by atoms with Crippen LogP contribution in [0.1, 0.15) is 16.1 Å². The summed E-state index contributed by atoms with van der Waals surface area (Å²) in [6.07, 6.45) is -3.80. The van der Waals surface area contributed by atoms with Crippen molar-refractivity contribution in [3.63, 3.8) is 0 Å². The number of rotatable bonds is 5. The minimum Gasteiger partial charge on any atom is -0.322 e. The van der Waals surface area contributed by atoms with Gasteiger partial charge in [-0.2, -0.15) is 13.2 Å². The van der Waals surface area contributed by atoms with E-state index in [2.05, 4.69) is 10.3 Å². The Kier molecular flexibility index (Phi) is 5.79. The number of hydrogen-bond acceptors (Lipinski definition) is 4. The van der Waals surface area contributed by atoms with Crippen LogP contribution in [0, 0.1) is 0 Å². The standard InChI is InChI=1S/C20H16F3N3O3S/c1-26(16-7-3-2-4-8-16)30(28,29)17-9-5-6-15(12-17)25-19(27)14-10-11-18(24-13-14)20(21,22)23/h2-13H,1H3,(H,25,27). The quantitative estimate of drug-likeness (QED) is 0.652. The molecule has 10 heteroatoms. The Balaban J connectivity index is 1.81. The number of halogens is 3. The Hall–Kier alpha value is -3.40. The summed E-state index contributed by atoms with van der Waals surface area (Å²) < 4.78 is 64.6. The highest BCUT2D eigenvalue weighted by Crippen LogP contribution is 2.27. The number of nitrogens with zero attached hydrogens (tertiary/aromatic N) is 2. The topological polar surface area (TPSA) is 79.4 Å². The third kappa shape index (κ3) is 4.60. The monoisotopic (exact) mass is 435 g/mol. The van der Waals surface area contributed by atoms with Gasteiger partial charge in [0.15, 0.2) is 0 Å². The van der Waals surface area contributed by atoms with Gasteiger partial charge in [0.1, 0.15) is 5.69 Å².